The molecule has 0 amide bonds. The van der Waals surface area contributed by atoms with E-state index >= 15 is 0 Å². The van der Waals surface area contributed by atoms with Crippen molar-refractivity contribution in [1.82, 2.24) is 29.9 Å². The van der Waals surface area contributed by atoms with E-state index in [9.17, 15) is 0 Å². The second kappa shape index (κ2) is 5.97. The van der Waals surface area contributed by atoms with E-state index in [2.05, 4.69) is 32.2 Å². The Kier molecular flexibility index (Phi) is 4.07. The average Bonchev–Trinajstić information content (AvgIpc) is 3.04. The van der Waals surface area contributed by atoms with E-state index in [1.165, 1.54) is 5.69 Å². The third-order valence-electron chi connectivity index (χ3n) is 3.84. The minimum absolute atomic E-state index is 0.541. The van der Waals surface area contributed by atoms with Crippen molar-refractivity contribution in [3.05, 3.63) is 23.8 Å². The van der Waals surface area contributed by atoms with E-state index in [4.69, 9.17) is 0 Å². The van der Waals surface area contributed by atoms with Crippen molar-refractivity contribution in [2.24, 2.45) is 14.1 Å². The summed E-state index contributed by atoms with van der Waals surface area (Å²) in [5, 5.41) is 17.3. The van der Waals surface area contributed by atoms with Crippen molar-refractivity contribution in [2.45, 2.75) is 29.7 Å². The van der Waals surface area contributed by atoms with Gasteiger partial charge in [0, 0.05) is 37.7 Å². The highest BCUT2D eigenvalue weighted by Crippen LogP contribution is 2.27. The van der Waals surface area contributed by atoms with Gasteiger partial charge in [-0.2, -0.15) is 5.10 Å². The summed E-state index contributed by atoms with van der Waals surface area (Å²) in [7, 11) is 4.04. The predicted molar refractivity (Wildman–Crippen MR) is 78.6 cm³/mol. The van der Waals surface area contributed by atoms with Crippen LogP contribution in [0, 0.1) is 0 Å². The zero-order chi connectivity index (χ0) is 13.9. The summed E-state index contributed by atoms with van der Waals surface area (Å²) < 4.78 is 4.05. The van der Waals surface area contributed by atoms with Crippen molar-refractivity contribution in [1.29, 1.82) is 0 Å². The summed E-state index contributed by atoms with van der Waals surface area (Å²) >= 11 is 1.72. The van der Waals surface area contributed by atoms with E-state index in [0.29, 0.717) is 5.92 Å². The van der Waals surface area contributed by atoms with Gasteiger partial charge in [-0.15, -0.1) is 10.2 Å². The summed E-state index contributed by atoms with van der Waals surface area (Å²) in [4.78, 5) is 0. The number of hydrogen-bond acceptors (Lipinski definition) is 5. The first kappa shape index (κ1) is 13.6. The highest BCUT2D eigenvalue weighted by atomic mass is 32.2. The molecule has 3 rings (SSSR count). The first-order valence-electron chi connectivity index (χ1n) is 6.95. The number of aromatic nitrogens is 5. The molecule has 108 valence electrons. The zero-order valence-electron chi connectivity index (χ0n) is 11.9. The van der Waals surface area contributed by atoms with Crippen LogP contribution in [0.1, 0.15) is 30.3 Å². The molecule has 1 N–H and O–H groups in total. The van der Waals surface area contributed by atoms with Crippen LogP contribution in [0.15, 0.2) is 17.4 Å². The Bertz CT molecular complexity index is 569. The molecule has 0 aromatic carbocycles. The van der Waals surface area contributed by atoms with E-state index in [0.717, 1.165) is 42.7 Å². The lowest BCUT2D eigenvalue weighted by Gasteiger charge is -2.21. The molecule has 3 heterocycles. The maximum absolute atomic E-state index is 4.40. The lowest BCUT2D eigenvalue weighted by Crippen LogP contribution is -2.27. The third-order valence-corrected chi connectivity index (χ3v) is 4.90. The van der Waals surface area contributed by atoms with Gasteiger partial charge in [-0.25, -0.2) is 0 Å². The molecular weight excluding hydrogens is 272 g/mol. The smallest absolute Gasteiger partial charge is 0.191 e. The van der Waals surface area contributed by atoms with Gasteiger partial charge in [-0.3, -0.25) is 4.68 Å². The van der Waals surface area contributed by atoms with Crippen molar-refractivity contribution >= 4 is 11.8 Å². The molecule has 20 heavy (non-hydrogen) atoms. The Morgan fingerprint density at radius 1 is 1.30 bits per heavy atom. The first-order chi connectivity index (χ1) is 9.75. The molecule has 7 heteroatoms. The van der Waals surface area contributed by atoms with Crippen molar-refractivity contribution < 1.29 is 0 Å². The van der Waals surface area contributed by atoms with Crippen LogP contribution >= 0.6 is 11.8 Å². The van der Waals surface area contributed by atoms with E-state index < -0.39 is 0 Å². The molecule has 0 radical (unpaired) electrons. The second-order valence-corrected chi connectivity index (χ2v) is 6.10. The molecule has 2 aromatic rings. The molecule has 0 unspecified atom stereocenters. The molecule has 0 bridgehead atoms. The summed E-state index contributed by atoms with van der Waals surface area (Å²) in [6.07, 6.45) is 4.13. The van der Waals surface area contributed by atoms with Gasteiger partial charge in [0.15, 0.2) is 5.16 Å². The Morgan fingerprint density at radius 2 is 2.10 bits per heavy atom. The van der Waals surface area contributed by atoms with Gasteiger partial charge in [-0.1, -0.05) is 11.8 Å². The average molecular weight is 292 g/mol. The number of hydrogen-bond donors (Lipinski definition) is 1. The lowest BCUT2D eigenvalue weighted by molar-refractivity contribution is 0.434. The number of nitrogens with zero attached hydrogens (tertiary/aromatic N) is 5. The van der Waals surface area contributed by atoms with E-state index in [1.807, 2.05) is 24.0 Å². The SMILES string of the molecule is Cn1nccc1CSc1nnc(C2CCNCC2)n1C. The van der Waals surface area contributed by atoms with Gasteiger partial charge in [0.05, 0.1) is 0 Å². The molecular formula is C13H20N6S. The van der Waals surface area contributed by atoms with Gasteiger partial charge in [0.25, 0.3) is 0 Å². The van der Waals surface area contributed by atoms with Crippen molar-refractivity contribution in [3.63, 3.8) is 0 Å². The topological polar surface area (TPSA) is 60.6 Å². The molecule has 0 spiro atoms. The molecule has 2 aromatic heterocycles. The lowest BCUT2D eigenvalue weighted by atomic mass is 9.97. The van der Waals surface area contributed by atoms with Gasteiger partial charge < -0.3 is 9.88 Å². The van der Waals surface area contributed by atoms with Crippen molar-refractivity contribution in [2.75, 3.05) is 13.1 Å². The number of aryl methyl sites for hydroxylation is 1. The molecule has 1 saturated heterocycles. The Morgan fingerprint density at radius 3 is 2.80 bits per heavy atom. The van der Waals surface area contributed by atoms with Crippen LogP contribution in [-0.2, 0) is 19.8 Å². The Hall–Kier alpha value is -1.34. The molecule has 1 fully saturated rings. The maximum Gasteiger partial charge on any atom is 0.191 e. The molecule has 0 aliphatic carbocycles. The minimum Gasteiger partial charge on any atom is -0.317 e. The maximum atomic E-state index is 4.40. The zero-order valence-corrected chi connectivity index (χ0v) is 12.7. The summed E-state index contributed by atoms with van der Waals surface area (Å²) in [6, 6.07) is 2.04. The number of thioether (sulfide) groups is 1. The summed E-state index contributed by atoms with van der Waals surface area (Å²) in [5.41, 5.74) is 1.20. The largest absolute Gasteiger partial charge is 0.317 e. The standard InChI is InChI=1S/C13H20N6S/c1-18-12(10-3-6-14-7-4-10)16-17-13(18)20-9-11-5-8-15-19(11)2/h5,8,10,14H,3-4,6-7,9H2,1-2H3. The van der Waals surface area contributed by atoms with Crippen molar-refractivity contribution in [3.8, 4) is 0 Å². The van der Waals surface area contributed by atoms with Crippen LogP contribution in [0.4, 0.5) is 0 Å². The van der Waals surface area contributed by atoms with Gasteiger partial charge >= 0.3 is 0 Å². The van der Waals surface area contributed by atoms with Crippen LogP contribution < -0.4 is 5.32 Å². The summed E-state index contributed by atoms with van der Waals surface area (Å²) in [5.74, 6) is 2.54. The fourth-order valence-corrected chi connectivity index (χ4v) is 3.51. The second-order valence-electron chi connectivity index (χ2n) is 5.16. The highest BCUT2D eigenvalue weighted by molar-refractivity contribution is 7.98. The van der Waals surface area contributed by atoms with Crippen LogP contribution in [0.25, 0.3) is 0 Å². The molecule has 1 aliphatic heterocycles. The monoisotopic (exact) mass is 292 g/mol. The van der Waals surface area contributed by atoms with Crippen LogP contribution in [-0.4, -0.2) is 37.6 Å². The summed E-state index contributed by atoms with van der Waals surface area (Å²) in [6.45, 7) is 2.16. The first-order valence-corrected chi connectivity index (χ1v) is 7.94. The minimum atomic E-state index is 0.541. The van der Waals surface area contributed by atoms with Gasteiger partial charge in [0.1, 0.15) is 5.82 Å². The highest BCUT2D eigenvalue weighted by Gasteiger charge is 2.21. The Balaban J connectivity index is 1.68. The van der Waals surface area contributed by atoms with Crippen LogP contribution in [0.5, 0.6) is 0 Å². The normalized spacial score (nSPS) is 16.7. The number of rotatable bonds is 4. The molecule has 0 saturated carbocycles. The third kappa shape index (κ3) is 2.73. The van der Waals surface area contributed by atoms with Crippen LogP contribution in [0.2, 0.25) is 0 Å². The van der Waals surface area contributed by atoms with Gasteiger partial charge in [0.2, 0.25) is 0 Å². The number of nitrogens with one attached hydrogen (secondary N) is 1. The van der Waals surface area contributed by atoms with Crippen LogP contribution in [0.3, 0.4) is 0 Å². The Labute approximate surface area is 123 Å². The molecule has 1 aliphatic rings. The fraction of sp³-hybridized carbons (Fsp3) is 0.615. The van der Waals surface area contributed by atoms with E-state index in [-0.39, 0.29) is 0 Å². The predicted octanol–water partition coefficient (Wildman–Crippen LogP) is 1.31. The van der Waals surface area contributed by atoms with E-state index in [1.54, 1.807) is 11.8 Å². The molecule has 0 atom stereocenters. The molecule has 6 nitrogen and oxygen atoms in total. The number of piperidine rings is 1. The fourth-order valence-electron chi connectivity index (χ4n) is 2.57. The van der Waals surface area contributed by atoms with Gasteiger partial charge in [-0.05, 0) is 32.0 Å². The quantitative estimate of drug-likeness (QED) is 0.861.